The third-order valence-electron chi connectivity index (χ3n) is 2.86. The normalized spacial score (nSPS) is 22.0. The summed E-state index contributed by atoms with van der Waals surface area (Å²) in [4.78, 5) is 22.5. The van der Waals surface area contributed by atoms with Crippen molar-refractivity contribution in [2.75, 3.05) is 5.32 Å². The van der Waals surface area contributed by atoms with E-state index in [0.717, 1.165) is 6.42 Å². The SMILES string of the molecule is CC1CC1C(=O)Nc1cc(Cl)cc(C(=O)O)c1. The van der Waals surface area contributed by atoms with Crippen LogP contribution < -0.4 is 5.32 Å². The number of amides is 1. The van der Waals surface area contributed by atoms with Crippen molar-refractivity contribution in [3.63, 3.8) is 0 Å². The predicted octanol–water partition coefficient (Wildman–Crippen LogP) is 2.63. The first-order valence-electron chi connectivity index (χ1n) is 5.32. The summed E-state index contributed by atoms with van der Waals surface area (Å²) in [6.45, 7) is 2.00. The van der Waals surface area contributed by atoms with Crippen molar-refractivity contribution >= 4 is 29.2 Å². The first-order chi connectivity index (χ1) is 7.97. The van der Waals surface area contributed by atoms with Crippen molar-refractivity contribution in [2.45, 2.75) is 13.3 Å². The van der Waals surface area contributed by atoms with Crippen LogP contribution in [-0.4, -0.2) is 17.0 Å². The van der Waals surface area contributed by atoms with Gasteiger partial charge in [-0.25, -0.2) is 4.79 Å². The molecule has 5 heteroatoms. The van der Waals surface area contributed by atoms with E-state index in [4.69, 9.17) is 16.7 Å². The van der Waals surface area contributed by atoms with Crippen LogP contribution >= 0.6 is 11.6 Å². The van der Waals surface area contributed by atoms with E-state index < -0.39 is 5.97 Å². The zero-order valence-electron chi connectivity index (χ0n) is 9.24. The van der Waals surface area contributed by atoms with E-state index in [1.54, 1.807) is 6.07 Å². The molecule has 4 nitrogen and oxygen atoms in total. The number of aromatic carboxylic acids is 1. The Morgan fingerprint density at radius 1 is 1.41 bits per heavy atom. The average molecular weight is 254 g/mol. The van der Waals surface area contributed by atoms with Gasteiger partial charge in [-0.2, -0.15) is 0 Å². The number of carbonyl (C=O) groups is 2. The average Bonchev–Trinajstić information content (AvgIpc) is 2.94. The number of halogens is 1. The highest BCUT2D eigenvalue weighted by atomic mass is 35.5. The molecule has 2 rings (SSSR count). The van der Waals surface area contributed by atoms with E-state index in [-0.39, 0.29) is 17.4 Å². The molecule has 1 aromatic rings. The number of carboxylic acid groups (broad SMARTS) is 1. The van der Waals surface area contributed by atoms with Crippen molar-refractivity contribution in [2.24, 2.45) is 11.8 Å². The van der Waals surface area contributed by atoms with Gasteiger partial charge >= 0.3 is 5.97 Å². The summed E-state index contributed by atoms with van der Waals surface area (Å²) in [7, 11) is 0. The monoisotopic (exact) mass is 253 g/mol. The molecule has 0 spiro atoms. The van der Waals surface area contributed by atoms with E-state index in [1.165, 1.54) is 12.1 Å². The number of hydrogen-bond acceptors (Lipinski definition) is 2. The van der Waals surface area contributed by atoms with Gasteiger partial charge in [-0.15, -0.1) is 0 Å². The van der Waals surface area contributed by atoms with E-state index in [1.807, 2.05) is 6.92 Å². The third kappa shape index (κ3) is 2.77. The van der Waals surface area contributed by atoms with Gasteiger partial charge in [-0.3, -0.25) is 4.79 Å². The Morgan fingerprint density at radius 3 is 2.59 bits per heavy atom. The lowest BCUT2D eigenvalue weighted by Crippen LogP contribution is -2.14. The summed E-state index contributed by atoms with van der Waals surface area (Å²) in [6, 6.07) is 4.29. The maximum absolute atomic E-state index is 11.7. The number of anilines is 1. The Bertz CT molecular complexity index is 487. The molecule has 0 bridgehead atoms. The molecule has 0 aliphatic heterocycles. The maximum atomic E-state index is 11.7. The molecular weight excluding hydrogens is 242 g/mol. The second kappa shape index (κ2) is 4.37. The standard InChI is InChI=1S/C12H12ClNO3/c1-6-2-10(6)11(15)14-9-4-7(12(16)17)3-8(13)5-9/h3-6,10H,2H2,1H3,(H,14,15)(H,16,17). The topological polar surface area (TPSA) is 66.4 Å². The van der Waals surface area contributed by atoms with E-state index in [0.29, 0.717) is 16.6 Å². The molecule has 0 aromatic heterocycles. The molecule has 1 aliphatic carbocycles. The number of carbonyl (C=O) groups excluding carboxylic acids is 1. The van der Waals surface area contributed by atoms with Crippen molar-refractivity contribution in [3.8, 4) is 0 Å². The van der Waals surface area contributed by atoms with Gasteiger partial charge in [-0.05, 0) is 30.5 Å². The number of rotatable bonds is 3. The van der Waals surface area contributed by atoms with Gasteiger partial charge in [-0.1, -0.05) is 18.5 Å². The fourth-order valence-corrected chi connectivity index (χ4v) is 1.94. The van der Waals surface area contributed by atoms with Crippen LogP contribution in [0.4, 0.5) is 5.69 Å². The number of nitrogens with one attached hydrogen (secondary N) is 1. The van der Waals surface area contributed by atoms with Crippen LogP contribution in [0.5, 0.6) is 0 Å². The van der Waals surface area contributed by atoms with Gasteiger partial charge in [0, 0.05) is 16.6 Å². The van der Waals surface area contributed by atoms with Gasteiger partial charge in [0.1, 0.15) is 0 Å². The fourth-order valence-electron chi connectivity index (χ4n) is 1.71. The van der Waals surface area contributed by atoms with Gasteiger partial charge in [0.2, 0.25) is 5.91 Å². The van der Waals surface area contributed by atoms with Crippen LogP contribution in [0.2, 0.25) is 5.02 Å². The van der Waals surface area contributed by atoms with Crippen molar-refractivity contribution < 1.29 is 14.7 Å². The van der Waals surface area contributed by atoms with E-state index in [9.17, 15) is 9.59 Å². The Kier molecular flexibility index (Phi) is 3.07. The Balaban J connectivity index is 2.15. The minimum Gasteiger partial charge on any atom is -0.478 e. The lowest BCUT2D eigenvalue weighted by atomic mass is 10.2. The molecule has 1 aromatic carbocycles. The molecule has 1 saturated carbocycles. The molecule has 2 atom stereocenters. The number of hydrogen-bond donors (Lipinski definition) is 2. The summed E-state index contributed by atoms with van der Waals surface area (Å²) >= 11 is 5.79. The molecule has 2 unspecified atom stereocenters. The summed E-state index contributed by atoms with van der Waals surface area (Å²) in [6.07, 6.45) is 0.887. The van der Waals surface area contributed by atoms with E-state index >= 15 is 0 Å². The largest absolute Gasteiger partial charge is 0.478 e. The smallest absolute Gasteiger partial charge is 0.335 e. The number of benzene rings is 1. The van der Waals surface area contributed by atoms with E-state index in [2.05, 4.69) is 5.32 Å². The predicted molar refractivity (Wildman–Crippen MR) is 64.3 cm³/mol. The highest BCUT2D eigenvalue weighted by Gasteiger charge is 2.39. The molecular formula is C12H12ClNO3. The molecule has 17 heavy (non-hydrogen) atoms. The fraction of sp³-hybridized carbons (Fsp3) is 0.333. The second-order valence-electron chi connectivity index (χ2n) is 4.34. The highest BCUT2D eigenvalue weighted by Crippen LogP contribution is 2.38. The Labute approximate surface area is 104 Å². The van der Waals surface area contributed by atoms with Crippen LogP contribution in [0.15, 0.2) is 18.2 Å². The maximum Gasteiger partial charge on any atom is 0.335 e. The zero-order valence-corrected chi connectivity index (χ0v) is 9.99. The van der Waals surface area contributed by atoms with Crippen LogP contribution in [0, 0.1) is 11.8 Å². The lowest BCUT2D eigenvalue weighted by molar-refractivity contribution is -0.117. The zero-order chi connectivity index (χ0) is 12.6. The van der Waals surface area contributed by atoms with Crippen molar-refractivity contribution in [3.05, 3.63) is 28.8 Å². The van der Waals surface area contributed by atoms with Crippen LogP contribution in [-0.2, 0) is 4.79 Å². The van der Waals surface area contributed by atoms with Gasteiger partial charge < -0.3 is 10.4 Å². The molecule has 1 fully saturated rings. The molecule has 0 saturated heterocycles. The summed E-state index contributed by atoms with van der Waals surface area (Å²) < 4.78 is 0. The minimum absolute atomic E-state index is 0.0438. The molecule has 0 radical (unpaired) electrons. The first kappa shape index (κ1) is 11.9. The minimum atomic E-state index is -1.07. The Morgan fingerprint density at radius 2 is 2.06 bits per heavy atom. The quantitative estimate of drug-likeness (QED) is 0.870. The molecule has 1 amide bonds. The Hall–Kier alpha value is -1.55. The molecule has 90 valence electrons. The molecule has 0 heterocycles. The van der Waals surface area contributed by atoms with Crippen LogP contribution in [0.3, 0.4) is 0 Å². The van der Waals surface area contributed by atoms with Crippen molar-refractivity contribution in [1.29, 1.82) is 0 Å². The lowest BCUT2D eigenvalue weighted by Gasteiger charge is -2.06. The van der Waals surface area contributed by atoms with Gasteiger partial charge in [0.25, 0.3) is 0 Å². The second-order valence-corrected chi connectivity index (χ2v) is 4.78. The third-order valence-corrected chi connectivity index (χ3v) is 3.08. The van der Waals surface area contributed by atoms with Gasteiger partial charge in [0.05, 0.1) is 5.56 Å². The van der Waals surface area contributed by atoms with Gasteiger partial charge in [0.15, 0.2) is 0 Å². The first-order valence-corrected chi connectivity index (χ1v) is 5.70. The van der Waals surface area contributed by atoms with Crippen molar-refractivity contribution in [1.82, 2.24) is 0 Å². The summed E-state index contributed by atoms with van der Waals surface area (Å²) in [5, 5.41) is 11.8. The van der Waals surface area contributed by atoms with Crippen LogP contribution in [0.1, 0.15) is 23.7 Å². The summed E-state index contributed by atoms with van der Waals surface area (Å²) in [5.74, 6) is -0.686. The number of carboxylic acids is 1. The van der Waals surface area contributed by atoms with Crippen LogP contribution in [0.25, 0.3) is 0 Å². The molecule has 2 N–H and O–H groups in total. The highest BCUT2D eigenvalue weighted by molar-refractivity contribution is 6.31. The summed E-state index contributed by atoms with van der Waals surface area (Å²) in [5.41, 5.74) is 0.496. The molecule has 1 aliphatic rings.